The summed E-state index contributed by atoms with van der Waals surface area (Å²) in [7, 11) is 0. The first-order valence-corrected chi connectivity index (χ1v) is 10.3. The van der Waals surface area contributed by atoms with E-state index in [1.807, 2.05) is 51.1 Å². The summed E-state index contributed by atoms with van der Waals surface area (Å²) < 4.78 is 11.2. The third-order valence-corrected chi connectivity index (χ3v) is 4.78. The van der Waals surface area contributed by atoms with Crippen LogP contribution in [0.5, 0.6) is 5.75 Å². The number of nitrogens with one attached hydrogen (secondary N) is 1. The van der Waals surface area contributed by atoms with Crippen LogP contribution in [0, 0.1) is 12.8 Å². The minimum atomic E-state index is -0.206. The summed E-state index contributed by atoms with van der Waals surface area (Å²) >= 11 is 0. The lowest BCUT2D eigenvalue weighted by atomic mass is 10.1. The van der Waals surface area contributed by atoms with Gasteiger partial charge in [0.1, 0.15) is 5.75 Å². The van der Waals surface area contributed by atoms with Crippen molar-refractivity contribution in [3.05, 3.63) is 59.4 Å². The molecule has 0 saturated heterocycles. The first kappa shape index (κ1) is 21.6. The first-order valence-electron chi connectivity index (χ1n) is 10.3. The molecule has 0 aliphatic carbocycles. The minimum Gasteiger partial charge on any atom is -0.494 e. The monoisotopic (exact) mass is 407 g/mol. The molecule has 30 heavy (non-hydrogen) atoms. The van der Waals surface area contributed by atoms with Crippen molar-refractivity contribution in [1.29, 1.82) is 0 Å². The number of anilines is 1. The maximum atomic E-state index is 12.9. The van der Waals surface area contributed by atoms with E-state index in [0.717, 1.165) is 17.7 Å². The number of nitrogens with zero attached hydrogens (tertiary/aromatic N) is 2. The highest BCUT2D eigenvalue weighted by Crippen LogP contribution is 2.31. The average molecular weight is 408 g/mol. The second-order valence-electron chi connectivity index (χ2n) is 8.12. The van der Waals surface area contributed by atoms with E-state index in [1.54, 1.807) is 12.1 Å². The number of rotatable bonds is 8. The third kappa shape index (κ3) is 5.26. The highest BCUT2D eigenvalue weighted by atomic mass is 16.5. The van der Waals surface area contributed by atoms with Gasteiger partial charge in [-0.15, -0.1) is 0 Å². The molecule has 1 N–H and O–H groups in total. The van der Waals surface area contributed by atoms with E-state index in [0.29, 0.717) is 41.1 Å². The molecule has 0 fully saturated rings. The zero-order valence-corrected chi connectivity index (χ0v) is 18.2. The van der Waals surface area contributed by atoms with Gasteiger partial charge in [0.25, 0.3) is 11.8 Å². The maximum Gasteiger partial charge on any atom is 0.260 e. The summed E-state index contributed by atoms with van der Waals surface area (Å²) in [6.45, 7) is 10.9. The van der Waals surface area contributed by atoms with E-state index in [-0.39, 0.29) is 11.8 Å². The molecule has 0 saturated carbocycles. The number of benzene rings is 2. The van der Waals surface area contributed by atoms with Crippen LogP contribution in [0.25, 0.3) is 11.5 Å². The van der Waals surface area contributed by atoms with E-state index in [4.69, 9.17) is 9.26 Å². The summed E-state index contributed by atoms with van der Waals surface area (Å²) in [4.78, 5) is 17.3. The Kier molecular flexibility index (Phi) is 6.87. The number of para-hydroxylation sites is 1. The molecular weight excluding hydrogens is 378 g/mol. The van der Waals surface area contributed by atoms with Gasteiger partial charge < -0.3 is 14.6 Å². The van der Waals surface area contributed by atoms with Gasteiger partial charge in [0, 0.05) is 11.5 Å². The van der Waals surface area contributed by atoms with Gasteiger partial charge in [0.2, 0.25) is 0 Å². The Morgan fingerprint density at radius 2 is 1.83 bits per heavy atom. The molecule has 2 aromatic carbocycles. The zero-order valence-electron chi connectivity index (χ0n) is 18.2. The topological polar surface area (TPSA) is 77.3 Å². The smallest absolute Gasteiger partial charge is 0.260 e. The molecule has 3 aromatic rings. The molecule has 3 rings (SSSR count). The van der Waals surface area contributed by atoms with Crippen LogP contribution in [0.3, 0.4) is 0 Å². The Bertz CT molecular complexity index is 991. The lowest BCUT2D eigenvalue weighted by Crippen LogP contribution is -2.13. The van der Waals surface area contributed by atoms with E-state index in [2.05, 4.69) is 29.3 Å². The minimum absolute atomic E-state index is 0.159. The van der Waals surface area contributed by atoms with Crippen molar-refractivity contribution in [2.75, 3.05) is 11.9 Å². The fourth-order valence-electron chi connectivity index (χ4n) is 2.89. The normalized spacial score (nSPS) is 11.2. The van der Waals surface area contributed by atoms with Crippen molar-refractivity contribution >= 4 is 11.6 Å². The quantitative estimate of drug-likeness (QED) is 0.507. The summed E-state index contributed by atoms with van der Waals surface area (Å²) in [5.74, 6) is 2.34. The van der Waals surface area contributed by atoms with Crippen LogP contribution in [-0.4, -0.2) is 22.7 Å². The fourth-order valence-corrected chi connectivity index (χ4v) is 2.89. The van der Waals surface area contributed by atoms with E-state index in [9.17, 15) is 4.79 Å². The van der Waals surface area contributed by atoms with Gasteiger partial charge in [-0.1, -0.05) is 45.0 Å². The number of amides is 1. The zero-order chi connectivity index (χ0) is 21.7. The number of hydrogen-bond acceptors (Lipinski definition) is 5. The number of aryl methyl sites for hydroxylation is 1. The van der Waals surface area contributed by atoms with E-state index in [1.165, 1.54) is 0 Å². The van der Waals surface area contributed by atoms with E-state index >= 15 is 0 Å². The van der Waals surface area contributed by atoms with Crippen LogP contribution in [0.2, 0.25) is 0 Å². The Morgan fingerprint density at radius 1 is 1.10 bits per heavy atom. The molecule has 0 radical (unpaired) electrons. The fraction of sp³-hybridized carbons (Fsp3) is 0.375. The molecule has 1 aromatic heterocycles. The molecule has 0 aliphatic rings. The second-order valence-corrected chi connectivity index (χ2v) is 8.12. The molecule has 0 bridgehead atoms. The molecule has 0 aliphatic heterocycles. The van der Waals surface area contributed by atoms with Crippen molar-refractivity contribution in [2.24, 2.45) is 5.92 Å². The predicted molar refractivity (Wildman–Crippen MR) is 118 cm³/mol. The number of aromatic nitrogens is 2. The highest BCUT2D eigenvalue weighted by molar-refractivity contribution is 6.06. The van der Waals surface area contributed by atoms with Crippen molar-refractivity contribution < 1.29 is 14.1 Å². The van der Waals surface area contributed by atoms with Gasteiger partial charge in [0.05, 0.1) is 17.9 Å². The van der Waals surface area contributed by atoms with Crippen molar-refractivity contribution in [3.63, 3.8) is 0 Å². The largest absolute Gasteiger partial charge is 0.494 e. The molecule has 6 heteroatoms. The highest BCUT2D eigenvalue weighted by Gasteiger charge is 2.18. The lowest BCUT2D eigenvalue weighted by Gasteiger charge is -2.12. The van der Waals surface area contributed by atoms with Crippen LogP contribution < -0.4 is 10.1 Å². The summed E-state index contributed by atoms with van der Waals surface area (Å²) in [6.07, 6.45) is 0.993. The Morgan fingerprint density at radius 3 is 2.47 bits per heavy atom. The van der Waals surface area contributed by atoms with Crippen LogP contribution >= 0.6 is 0 Å². The van der Waals surface area contributed by atoms with Gasteiger partial charge in [-0.25, -0.2) is 0 Å². The van der Waals surface area contributed by atoms with Crippen LogP contribution in [0.4, 0.5) is 5.69 Å². The molecule has 1 heterocycles. The number of carbonyl (C=O) groups is 1. The Balaban J connectivity index is 1.76. The maximum absolute atomic E-state index is 12.9. The SMILES string of the molecule is Cc1cccc(-c2nc(C(C)C)no2)c1NC(=O)c1ccc(OCCC(C)C)cc1. The van der Waals surface area contributed by atoms with Crippen molar-refractivity contribution in [1.82, 2.24) is 10.1 Å². The molecule has 1 amide bonds. The number of ether oxygens (including phenoxy) is 1. The molecule has 0 unspecified atom stereocenters. The number of hydrogen-bond donors (Lipinski definition) is 1. The van der Waals surface area contributed by atoms with Gasteiger partial charge in [0.15, 0.2) is 5.82 Å². The third-order valence-electron chi connectivity index (χ3n) is 4.78. The van der Waals surface area contributed by atoms with Crippen molar-refractivity contribution in [2.45, 2.75) is 47.0 Å². The second kappa shape index (κ2) is 9.57. The standard InChI is InChI=1S/C24H29N3O3/c1-15(2)13-14-29-19-11-9-18(10-12-19)23(28)25-21-17(5)7-6-8-20(21)24-26-22(16(3)4)27-30-24/h6-12,15-16H,13-14H2,1-5H3,(H,25,28). The van der Waals surface area contributed by atoms with Gasteiger partial charge in [-0.05, 0) is 55.2 Å². The molecule has 6 nitrogen and oxygen atoms in total. The molecular formula is C24H29N3O3. The molecule has 158 valence electrons. The van der Waals surface area contributed by atoms with Crippen LogP contribution in [0.15, 0.2) is 47.0 Å². The van der Waals surface area contributed by atoms with Crippen LogP contribution in [0.1, 0.15) is 61.8 Å². The van der Waals surface area contributed by atoms with E-state index < -0.39 is 0 Å². The summed E-state index contributed by atoms with van der Waals surface area (Å²) in [5.41, 5.74) is 2.84. The van der Waals surface area contributed by atoms with Crippen LogP contribution in [-0.2, 0) is 0 Å². The molecule has 0 atom stereocenters. The van der Waals surface area contributed by atoms with Gasteiger partial charge >= 0.3 is 0 Å². The van der Waals surface area contributed by atoms with Crippen molar-refractivity contribution in [3.8, 4) is 17.2 Å². The molecule has 0 spiro atoms. The Labute approximate surface area is 177 Å². The average Bonchev–Trinajstić information content (AvgIpc) is 3.20. The predicted octanol–water partition coefficient (Wildman–Crippen LogP) is 5.85. The number of carbonyl (C=O) groups excluding carboxylic acids is 1. The van der Waals surface area contributed by atoms with Gasteiger partial charge in [-0.3, -0.25) is 4.79 Å². The van der Waals surface area contributed by atoms with Gasteiger partial charge in [-0.2, -0.15) is 4.98 Å². The summed E-state index contributed by atoms with van der Waals surface area (Å²) in [6, 6.07) is 12.9. The Hall–Kier alpha value is -3.15. The lowest BCUT2D eigenvalue weighted by molar-refractivity contribution is 0.102. The first-order chi connectivity index (χ1) is 14.3. The summed E-state index contributed by atoms with van der Waals surface area (Å²) in [5, 5.41) is 7.03.